The fraction of sp³-hybridized carbons (Fsp3) is 0.125. The molecule has 0 aliphatic carbocycles. The van der Waals surface area contributed by atoms with Crippen LogP contribution in [0.3, 0.4) is 0 Å². The highest BCUT2D eigenvalue weighted by molar-refractivity contribution is 9.11. The number of hydrogen-bond donors (Lipinski definition) is 3. The molecule has 12 heteroatoms. The number of benzene rings is 2. The predicted molar refractivity (Wildman–Crippen MR) is 99.0 cm³/mol. The van der Waals surface area contributed by atoms with Crippen molar-refractivity contribution < 1.29 is 31.9 Å². The van der Waals surface area contributed by atoms with Crippen molar-refractivity contribution in [2.24, 2.45) is 0 Å². The van der Waals surface area contributed by atoms with Gasteiger partial charge in [-0.05, 0) is 62.2 Å². The van der Waals surface area contributed by atoms with Gasteiger partial charge < -0.3 is 10.1 Å². The van der Waals surface area contributed by atoms with E-state index in [0.29, 0.717) is 0 Å². The van der Waals surface area contributed by atoms with E-state index in [4.69, 9.17) is 4.74 Å². The van der Waals surface area contributed by atoms with Crippen LogP contribution in [0.15, 0.2) is 45.3 Å². The summed E-state index contributed by atoms with van der Waals surface area (Å²) in [5.74, 6) is -1.12. The number of carbonyl (C=O) groups is 2. The second kappa shape index (κ2) is 9.24. The molecule has 0 unspecified atom stereocenters. The van der Waals surface area contributed by atoms with Crippen molar-refractivity contribution in [2.75, 3.05) is 11.9 Å². The third kappa shape index (κ3) is 6.37. The molecule has 0 saturated carbocycles. The van der Waals surface area contributed by atoms with Crippen molar-refractivity contribution in [3.05, 3.63) is 56.7 Å². The van der Waals surface area contributed by atoms with E-state index in [1.165, 1.54) is 6.07 Å². The molecule has 0 bridgehead atoms. The Morgan fingerprint density at radius 2 is 1.68 bits per heavy atom. The Hall–Kier alpha value is -2.34. The summed E-state index contributed by atoms with van der Waals surface area (Å²) in [6.07, 6.45) is -4.55. The molecule has 0 saturated heterocycles. The van der Waals surface area contributed by atoms with Gasteiger partial charge in [0.25, 0.3) is 5.91 Å². The van der Waals surface area contributed by atoms with Crippen LogP contribution in [0.2, 0.25) is 0 Å². The zero-order chi connectivity index (χ0) is 20.9. The molecule has 150 valence electrons. The van der Waals surface area contributed by atoms with Gasteiger partial charge in [-0.25, -0.2) is 14.6 Å². The lowest BCUT2D eigenvalue weighted by atomic mass is 10.2. The zero-order valence-corrected chi connectivity index (χ0v) is 16.8. The van der Waals surface area contributed by atoms with E-state index in [0.717, 1.165) is 30.3 Å². The highest BCUT2D eigenvalue weighted by Crippen LogP contribution is 2.34. The van der Waals surface area contributed by atoms with Crippen molar-refractivity contribution in [1.29, 1.82) is 0 Å². The Bertz CT molecular complexity index is 871. The lowest BCUT2D eigenvalue weighted by Gasteiger charge is -2.12. The van der Waals surface area contributed by atoms with E-state index >= 15 is 0 Å². The van der Waals surface area contributed by atoms with Crippen LogP contribution in [0.25, 0.3) is 0 Å². The third-order valence-corrected chi connectivity index (χ3v) is 4.25. The van der Waals surface area contributed by atoms with Crippen LogP contribution < -0.4 is 20.9 Å². The van der Waals surface area contributed by atoms with Crippen LogP contribution in [0.5, 0.6) is 5.75 Å². The lowest BCUT2D eigenvalue weighted by molar-refractivity contribution is -0.137. The van der Waals surface area contributed by atoms with Gasteiger partial charge in [0, 0.05) is 5.69 Å². The van der Waals surface area contributed by atoms with Crippen LogP contribution in [0.1, 0.15) is 5.56 Å². The maximum atomic E-state index is 13.2. The van der Waals surface area contributed by atoms with Gasteiger partial charge in [-0.3, -0.25) is 10.2 Å². The number of rotatable bonds is 4. The van der Waals surface area contributed by atoms with Gasteiger partial charge in [-0.15, -0.1) is 0 Å². The Morgan fingerprint density at radius 1 is 1.04 bits per heavy atom. The molecular formula is C16H11Br2F4N3O3. The van der Waals surface area contributed by atoms with Gasteiger partial charge >= 0.3 is 12.2 Å². The maximum Gasteiger partial charge on any atom is 0.416 e. The molecule has 3 N–H and O–H groups in total. The summed E-state index contributed by atoms with van der Waals surface area (Å²) in [7, 11) is 0. The summed E-state index contributed by atoms with van der Waals surface area (Å²) in [5.41, 5.74) is 2.94. The molecular weight excluding hydrogens is 518 g/mol. The van der Waals surface area contributed by atoms with Gasteiger partial charge in [0.15, 0.2) is 6.61 Å². The number of amides is 3. The number of alkyl halides is 3. The van der Waals surface area contributed by atoms with Gasteiger partial charge in [-0.1, -0.05) is 6.07 Å². The van der Waals surface area contributed by atoms with Crippen LogP contribution >= 0.6 is 31.9 Å². The number of hydrazine groups is 1. The number of halogens is 6. The van der Waals surface area contributed by atoms with E-state index < -0.39 is 36.1 Å². The van der Waals surface area contributed by atoms with Crippen molar-refractivity contribution in [3.63, 3.8) is 0 Å². The van der Waals surface area contributed by atoms with E-state index in [-0.39, 0.29) is 20.4 Å². The first-order valence-corrected chi connectivity index (χ1v) is 8.95. The minimum absolute atomic E-state index is 0.114. The number of carbonyl (C=O) groups excluding carboxylic acids is 2. The molecule has 2 aromatic carbocycles. The summed E-state index contributed by atoms with van der Waals surface area (Å²) < 4.78 is 56.8. The number of urea groups is 1. The molecule has 0 aliphatic rings. The fourth-order valence-electron chi connectivity index (χ4n) is 1.90. The molecule has 0 fully saturated rings. The molecule has 0 atom stereocenters. The Balaban J connectivity index is 1.84. The molecule has 2 rings (SSSR count). The molecule has 0 heterocycles. The maximum absolute atomic E-state index is 13.2. The number of ether oxygens (including phenoxy) is 1. The average molecular weight is 529 g/mol. The second-order valence-electron chi connectivity index (χ2n) is 5.19. The zero-order valence-electron chi connectivity index (χ0n) is 13.7. The molecule has 6 nitrogen and oxygen atoms in total. The van der Waals surface area contributed by atoms with Gasteiger partial charge in [-0.2, -0.15) is 13.2 Å². The fourth-order valence-corrected chi connectivity index (χ4v) is 3.26. The van der Waals surface area contributed by atoms with Gasteiger partial charge in [0.1, 0.15) is 11.6 Å². The van der Waals surface area contributed by atoms with Crippen molar-refractivity contribution in [3.8, 4) is 5.75 Å². The molecule has 0 spiro atoms. The van der Waals surface area contributed by atoms with Crippen LogP contribution in [0.4, 0.5) is 28.0 Å². The first-order valence-electron chi connectivity index (χ1n) is 7.36. The highest BCUT2D eigenvalue weighted by atomic mass is 79.9. The summed E-state index contributed by atoms with van der Waals surface area (Å²) >= 11 is 6.16. The van der Waals surface area contributed by atoms with Gasteiger partial charge in [0.05, 0.1) is 14.5 Å². The van der Waals surface area contributed by atoms with Crippen molar-refractivity contribution >= 4 is 49.5 Å². The monoisotopic (exact) mass is 527 g/mol. The summed E-state index contributed by atoms with van der Waals surface area (Å²) in [4.78, 5) is 23.4. The first-order chi connectivity index (χ1) is 13.1. The average Bonchev–Trinajstić information content (AvgIpc) is 2.58. The summed E-state index contributed by atoms with van der Waals surface area (Å²) in [6.45, 7) is -0.521. The first kappa shape index (κ1) is 22.0. The highest BCUT2D eigenvalue weighted by Gasteiger charge is 2.30. The molecule has 3 amide bonds. The van der Waals surface area contributed by atoms with Crippen molar-refractivity contribution in [1.82, 2.24) is 10.9 Å². The largest absolute Gasteiger partial charge is 0.481 e. The molecule has 0 radical (unpaired) electrons. The Morgan fingerprint density at radius 3 is 2.29 bits per heavy atom. The topological polar surface area (TPSA) is 79.5 Å². The summed E-state index contributed by atoms with van der Waals surface area (Å²) in [6, 6.07) is 5.29. The number of hydrogen-bond acceptors (Lipinski definition) is 3. The van der Waals surface area contributed by atoms with E-state index in [2.05, 4.69) is 37.2 Å². The predicted octanol–water partition coefficient (Wildman–Crippen LogP) is 4.60. The second-order valence-corrected chi connectivity index (χ2v) is 6.90. The molecule has 2 aromatic rings. The van der Waals surface area contributed by atoms with Gasteiger partial charge in [0.2, 0.25) is 0 Å². The van der Waals surface area contributed by atoms with E-state index in [9.17, 15) is 27.2 Å². The Kier molecular flexibility index (Phi) is 7.24. The normalized spacial score (nSPS) is 10.9. The SMILES string of the molecule is O=C(COc1c(Br)cc(F)cc1Br)NNC(=O)Nc1cccc(C(F)(F)F)c1. The molecule has 0 aromatic heterocycles. The standard InChI is InChI=1S/C16H11Br2F4N3O3/c17-11-5-9(19)6-12(18)14(11)28-7-13(26)24-25-15(27)23-10-3-1-2-8(4-10)16(20,21)22/h1-6H,7H2,(H,24,26)(H2,23,25,27). The molecule has 0 aliphatic heterocycles. The van der Waals surface area contributed by atoms with Crippen molar-refractivity contribution in [2.45, 2.75) is 6.18 Å². The quantitative estimate of drug-likeness (QED) is 0.401. The number of anilines is 1. The van der Waals surface area contributed by atoms with Crippen LogP contribution in [0, 0.1) is 5.82 Å². The Labute approximate surface area is 172 Å². The lowest BCUT2D eigenvalue weighted by Crippen LogP contribution is -2.45. The summed E-state index contributed by atoms with van der Waals surface area (Å²) in [5, 5.41) is 2.15. The van der Waals surface area contributed by atoms with E-state index in [1.54, 1.807) is 0 Å². The molecule has 28 heavy (non-hydrogen) atoms. The van der Waals surface area contributed by atoms with Crippen LogP contribution in [-0.2, 0) is 11.0 Å². The minimum atomic E-state index is -4.55. The minimum Gasteiger partial charge on any atom is -0.481 e. The number of nitrogens with one attached hydrogen (secondary N) is 3. The van der Waals surface area contributed by atoms with Crippen LogP contribution in [-0.4, -0.2) is 18.5 Å². The van der Waals surface area contributed by atoms with E-state index in [1.807, 2.05) is 10.9 Å². The smallest absolute Gasteiger partial charge is 0.416 e. The third-order valence-electron chi connectivity index (χ3n) is 3.07.